The fourth-order valence-electron chi connectivity index (χ4n) is 1.37. The minimum absolute atomic E-state index is 0.155. The van der Waals surface area contributed by atoms with E-state index in [-0.39, 0.29) is 12.4 Å². The first-order valence-corrected chi connectivity index (χ1v) is 5.45. The number of nitrogen functional groups attached to an aromatic ring is 1. The Morgan fingerprint density at radius 1 is 1.42 bits per heavy atom. The summed E-state index contributed by atoms with van der Waals surface area (Å²) in [5, 5.41) is 0. The lowest BCUT2D eigenvalue weighted by atomic mass is 10.1. The Balaban J connectivity index is 2.56. The van der Waals surface area contributed by atoms with Crippen molar-refractivity contribution in [2.45, 2.75) is 25.3 Å². The SMILES string of the molecule is Cc1cnc(N)c(C(N)COCC(F)(F)C(F)F)c1. The summed E-state index contributed by atoms with van der Waals surface area (Å²) in [4.78, 5) is 3.86. The highest BCUT2D eigenvalue weighted by Crippen LogP contribution is 2.24. The van der Waals surface area contributed by atoms with Gasteiger partial charge >= 0.3 is 12.3 Å². The van der Waals surface area contributed by atoms with Gasteiger partial charge in [-0.25, -0.2) is 13.8 Å². The van der Waals surface area contributed by atoms with Gasteiger partial charge in [0.15, 0.2) is 0 Å². The zero-order chi connectivity index (χ0) is 14.6. The second kappa shape index (κ2) is 6.16. The van der Waals surface area contributed by atoms with Crippen molar-refractivity contribution >= 4 is 5.82 Å². The van der Waals surface area contributed by atoms with Crippen molar-refractivity contribution in [2.24, 2.45) is 5.73 Å². The Morgan fingerprint density at radius 2 is 2.05 bits per heavy atom. The van der Waals surface area contributed by atoms with Crippen LogP contribution < -0.4 is 11.5 Å². The predicted molar refractivity (Wildman–Crippen MR) is 62.1 cm³/mol. The van der Waals surface area contributed by atoms with Gasteiger partial charge in [0.2, 0.25) is 0 Å². The van der Waals surface area contributed by atoms with Crippen LogP contribution in [0.3, 0.4) is 0 Å². The fourth-order valence-corrected chi connectivity index (χ4v) is 1.37. The third kappa shape index (κ3) is 4.32. The van der Waals surface area contributed by atoms with E-state index >= 15 is 0 Å². The zero-order valence-electron chi connectivity index (χ0n) is 10.2. The van der Waals surface area contributed by atoms with Crippen LogP contribution in [-0.2, 0) is 4.74 Å². The van der Waals surface area contributed by atoms with Crippen molar-refractivity contribution in [2.75, 3.05) is 18.9 Å². The molecule has 1 atom stereocenters. The smallest absolute Gasteiger partial charge is 0.330 e. The topological polar surface area (TPSA) is 74.2 Å². The molecule has 0 saturated carbocycles. The largest absolute Gasteiger partial charge is 0.383 e. The van der Waals surface area contributed by atoms with Crippen LogP contribution in [0.25, 0.3) is 0 Å². The van der Waals surface area contributed by atoms with E-state index in [2.05, 4.69) is 9.72 Å². The van der Waals surface area contributed by atoms with Gasteiger partial charge in [0.1, 0.15) is 12.4 Å². The number of aromatic nitrogens is 1. The number of hydrogen-bond donors (Lipinski definition) is 2. The predicted octanol–water partition coefficient (Wildman–Crippen LogP) is 1.89. The standard InChI is InChI=1S/C11H15F4N3O/c1-6-2-7(9(17)18-3-6)8(16)4-19-5-11(14,15)10(12)13/h2-3,8,10H,4-5,16H2,1H3,(H2,17,18). The summed E-state index contributed by atoms with van der Waals surface area (Å²) in [6.07, 6.45) is -2.24. The van der Waals surface area contributed by atoms with E-state index in [1.807, 2.05) is 0 Å². The van der Waals surface area contributed by atoms with Gasteiger partial charge in [-0.05, 0) is 18.6 Å². The second-order valence-electron chi connectivity index (χ2n) is 4.17. The maximum absolute atomic E-state index is 12.6. The van der Waals surface area contributed by atoms with Gasteiger partial charge in [0.05, 0.1) is 12.6 Å². The first kappa shape index (κ1) is 15.6. The first-order valence-electron chi connectivity index (χ1n) is 5.45. The summed E-state index contributed by atoms with van der Waals surface area (Å²) in [7, 11) is 0. The molecule has 0 aliphatic rings. The van der Waals surface area contributed by atoms with Gasteiger partial charge in [-0.1, -0.05) is 0 Å². The molecule has 1 rings (SSSR count). The van der Waals surface area contributed by atoms with E-state index < -0.39 is 25.0 Å². The molecule has 0 saturated heterocycles. The normalized spacial score (nSPS) is 13.8. The third-order valence-electron chi connectivity index (χ3n) is 2.40. The summed E-state index contributed by atoms with van der Waals surface area (Å²) in [5.74, 6) is -4.03. The lowest BCUT2D eigenvalue weighted by molar-refractivity contribution is -0.166. The van der Waals surface area contributed by atoms with Crippen LogP contribution in [0.5, 0.6) is 0 Å². The summed E-state index contributed by atoms with van der Waals surface area (Å²) in [5.41, 5.74) is 12.5. The average Bonchev–Trinajstić information content (AvgIpc) is 2.31. The molecule has 4 nitrogen and oxygen atoms in total. The Kier molecular flexibility index (Phi) is 5.07. The lowest BCUT2D eigenvalue weighted by Crippen LogP contribution is -2.33. The van der Waals surface area contributed by atoms with Crippen molar-refractivity contribution in [3.63, 3.8) is 0 Å². The molecule has 0 aromatic carbocycles. The Labute approximate surface area is 107 Å². The number of ether oxygens (including phenoxy) is 1. The molecule has 0 fully saturated rings. The van der Waals surface area contributed by atoms with Crippen LogP contribution in [0, 0.1) is 6.92 Å². The first-order chi connectivity index (χ1) is 8.74. The van der Waals surface area contributed by atoms with E-state index in [4.69, 9.17) is 11.5 Å². The molecular formula is C11H15F4N3O. The number of aryl methyl sites for hydroxylation is 1. The van der Waals surface area contributed by atoms with Gasteiger partial charge < -0.3 is 16.2 Å². The quantitative estimate of drug-likeness (QED) is 0.781. The highest BCUT2D eigenvalue weighted by atomic mass is 19.3. The average molecular weight is 281 g/mol. The summed E-state index contributed by atoms with van der Waals surface area (Å²) in [6.45, 7) is 0.0175. The number of alkyl halides is 4. The maximum atomic E-state index is 12.6. The highest BCUT2D eigenvalue weighted by Gasteiger charge is 2.41. The van der Waals surface area contributed by atoms with Crippen molar-refractivity contribution < 1.29 is 22.3 Å². The summed E-state index contributed by atoms with van der Waals surface area (Å²) < 4.78 is 53.5. The molecule has 0 radical (unpaired) electrons. The van der Waals surface area contributed by atoms with Gasteiger partial charge in [0, 0.05) is 11.8 Å². The van der Waals surface area contributed by atoms with Crippen LogP contribution >= 0.6 is 0 Å². The van der Waals surface area contributed by atoms with Crippen molar-refractivity contribution in [3.8, 4) is 0 Å². The lowest BCUT2D eigenvalue weighted by Gasteiger charge is -2.18. The third-order valence-corrected chi connectivity index (χ3v) is 2.40. The molecule has 1 unspecified atom stereocenters. The molecule has 8 heteroatoms. The number of hydrogen-bond acceptors (Lipinski definition) is 4. The maximum Gasteiger partial charge on any atom is 0.330 e. The molecule has 1 aromatic heterocycles. The Morgan fingerprint density at radius 3 is 2.63 bits per heavy atom. The van der Waals surface area contributed by atoms with Crippen LogP contribution in [0.15, 0.2) is 12.3 Å². The summed E-state index contributed by atoms with van der Waals surface area (Å²) >= 11 is 0. The number of nitrogens with zero attached hydrogens (tertiary/aromatic N) is 1. The van der Waals surface area contributed by atoms with E-state index in [0.29, 0.717) is 5.56 Å². The molecule has 0 bridgehead atoms. The van der Waals surface area contributed by atoms with E-state index in [1.165, 1.54) is 6.20 Å². The van der Waals surface area contributed by atoms with Crippen molar-refractivity contribution in [1.29, 1.82) is 0 Å². The number of pyridine rings is 1. The van der Waals surface area contributed by atoms with Gasteiger partial charge in [0.25, 0.3) is 0 Å². The molecule has 0 spiro atoms. The fraction of sp³-hybridized carbons (Fsp3) is 0.545. The molecule has 4 N–H and O–H groups in total. The van der Waals surface area contributed by atoms with Crippen LogP contribution in [-0.4, -0.2) is 30.5 Å². The van der Waals surface area contributed by atoms with Crippen molar-refractivity contribution in [1.82, 2.24) is 4.98 Å². The van der Waals surface area contributed by atoms with Gasteiger partial charge in [-0.3, -0.25) is 0 Å². The molecule has 0 aliphatic carbocycles. The molecule has 108 valence electrons. The Bertz CT molecular complexity index is 428. The Hall–Kier alpha value is -1.41. The van der Waals surface area contributed by atoms with Crippen molar-refractivity contribution in [3.05, 3.63) is 23.4 Å². The number of halogens is 4. The second-order valence-corrected chi connectivity index (χ2v) is 4.17. The molecule has 19 heavy (non-hydrogen) atoms. The summed E-state index contributed by atoms with van der Waals surface area (Å²) in [6, 6.07) is 0.836. The molecule has 1 heterocycles. The molecule has 1 aromatic rings. The zero-order valence-corrected chi connectivity index (χ0v) is 10.2. The molecule has 0 amide bonds. The van der Waals surface area contributed by atoms with E-state index in [9.17, 15) is 17.6 Å². The minimum atomic E-state index is -4.18. The number of anilines is 1. The molecule has 0 aliphatic heterocycles. The number of nitrogens with two attached hydrogens (primary N) is 2. The number of rotatable bonds is 6. The highest BCUT2D eigenvalue weighted by molar-refractivity contribution is 5.42. The van der Waals surface area contributed by atoms with Gasteiger partial charge in [-0.15, -0.1) is 0 Å². The van der Waals surface area contributed by atoms with Gasteiger partial charge in [-0.2, -0.15) is 8.78 Å². The van der Waals surface area contributed by atoms with E-state index in [0.717, 1.165) is 5.56 Å². The molecular weight excluding hydrogens is 266 g/mol. The monoisotopic (exact) mass is 281 g/mol. The minimum Gasteiger partial charge on any atom is -0.383 e. The van der Waals surface area contributed by atoms with Crippen LogP contribution in [0.2, 0.25) is 0 Å². The van der Waals surface area contributed by atoms with Crippen LogP contribution in [0.1, 0.15) is 17.2 Å². The van der Waals surface area contributed by atoms with Crippen LogP contribution in [0.4, 0.5) is 23.4 Å². The van der Waals surface area contributed by atoms with E-state index in [1.54, 1.807) is 13.0 Å².